The van der Waals surface area contributed by atoms with Crippen LogP contribution in [-0.2, 0) is 11.0 Å². The van der Waals surface area contributed by atoms with Crippen LogP contribution in [0.1, 0.15) is 64.9 Å². The number of hydrogen-bond donors (Lipinski definition) is 1. The molecular weight excluding hydrogens is 441 g/mol. The van der Waals surface area contributed by atoms with Gasteiger partial charge in [0, 0.05) is 24.1 Å². The van der Waals surface area contributed by atoms with E-state index in [0.717, 1.165) is 50.2 Å². The van der Waals surface area contributed by atoms with Crippen LogP contribution in [-0.4, -0.2) is 24.0 Å². The van der Waals surface area contributed by atoms with Gasteiger partial charge in [0.1, 0.15) is 0 Å². The standard InChI is InChI=1S/C27H35F3N2O2/c1-20(2)19-31-25(33)17-21(3)13-9-7-5-4-6-8-12-16-34-26-18-23(27(28,29)30)22-14-10-11-15-24(22)32-26/h9-11,13-15,17-18,20H,4-8,12,16,19H2,1-3H3,(H,31,33)/b13-9+,21-17+. The number of carbonyl (C=O) groups excluding carboxylic acids is 1. The van der Waals surface area contributed by atoms with Gasteiger partial charge in [-0.25, -0.2) is 4.98 Å². The van der Waals surface area contributed by atoms with Gasteiger partial charge in [0.2, 0.25) is 11.8 Å². The molecule has 1 N–H and O–H groups in total. The lowest BCUT2D eigenvalue weighted by Crippen LogP contribution is -2.25. The highest BCUT2D eigenvalue weighted by Gasteiger charge is 2.33. The zero-order chi connectivity index (χ0) is 25.0. The summed E-state index contributed by atoms with van der Waals surface area (Å²) in [5.41, 5.74) is 0.485. The SMILES string of the molecule is CC(/C=C/CCCCCCCOc1cc(C(F)(F)F)c2ccccc2n1)=C\C(=O)NCC(C)C. The average Bonchev–Trinajstić information content (AvgIpc) is 2.77. The van der Waals surface area contributed by atoms with Crippen LogP contribution in [0.2, 0.25) is 0 Å². The lowest BCUT2D eigenvalue weighted by Gasteiger charge is -2.13. The lowest BCUT2D eigenvalue weighted by molar-refractivity contribution is -0.136. The van der Waals surface area contributed by atoms with Gasteiger partial charge in [-0.3, -0.25) is 4.79 Å². The van der Waals surface area contributed by atoms with Gasteiger partial charge in [-0.2, -0.15) is 13.2 Å². The first-order valence-corrected chi connectivity index (χ1v) is 11.9. The molecular formula is C27H35F3N2O2. The summed E-state index contributed by atoms with van der Waals surface area (Å²) in [7, 11) is 0. The van der Waals surface area contributed by atoms with E-state index in [1.54, 1.807) is 24.3 Å². The maximum atomic E-state index is 13.4. The minimum atomic E-state index is -4.45. The fourth-order valence-electron chi connectivity index (χ4n) is 3.41. The second-order valence-electron chi connectivity index (χ2n) is 8.86. The third kappa shape index (κ3) is 9.98. The van der Waals surface area contributed by atoms with Crippen molar-refractivity contribution in [3.63, 3.8) is 0 Å². The van der Waals surface area contributed by atoms with E-state index in [1.807, 2.05) is 13.0 Å². The van der Waals surface area contributed by atoms with E-state index >= 15 is 0 Å². The summed E-state index contributed by atoms with van der Waals surface area (Å²) in [6.07, 6.45) is 6.99. The van der Waals surface area contributed by atoms with Gasteiger partial charge in [-0.05, 0) is 43.7 Å². The molecule has 0 unspecified atom stereocenters. The predicted octanol–water partition coefficient (Wildman–Crippen LogP) is 7.25. The molecule has 0 saturated carbocycles. The molecule has 0 radical (unpaired) electrons. The molecule has 2 aromatic rings. The normalized spacial score (nSPS) is 12.6. The van der Waals surface area contributed by atoms with Crippen molar-refractivity contribution >= 4 is 16.8 Å². The predicted molar refractivity (Wildman–Crippen MR) is 131 cm³/mol. The summed E-state index contributed by atoms with van der Waals surface area (Å²) in [5, 5.41) is 2.94. The molecule has 0 saturated heterocycles. The number of nitrogens with zero attached hydrogens (tertiary/aromatic N) is 1. The number of fused-ring (bicyclic) bond motifs is 1. The summed E-state index contributed by atoms with van der Waals surface area (Å²) in [6, 6.07) is 7.20. The summed E-state index contributed by atoms with van der Waals surface area (Å²) in [5.74, 6) is 0.376. The van der Waals surface area contributed by atoms with Gasteiger partial charge in [0.05, 0.1) is 17.7 Å². The number of ether oxygens (including phenoxy) is 1. The number of alkyl halides is 3. The number of allylic oxidation sites excluding steroid dienone is 3. The molecule has 0 aliphatic carbocycles. The van der Waals surface area contributed by atoms with Crippen LogP contribution in [0.5, 0.6) is 5.88 Å². The summed E-state index contributed by atoms with van der Waals surface area (Å²) in [4.78, 5) is 15.9. The smallest absolute Gasteiger partial charge is 0.417 e. The number of rotatable bonds is 13. The number of para-hydroxylation sites is 1. The van der Waals surface area contributed by atoms with Crippen LogP contribution in [0.15, 0.2) is 54.1 Å². The molecule has 0 atom stereocenters. The third-order valence-electron chi connectivity index (χ3n) is 5.19. The van der Waals surface area contributed by atoms with Crippen LogP contribution < -0.4 is 10.1 Å². The molecule has 1 aromatic carbocycles. The van der Waals surface area contributed by atoms with Gasteiger partial charge in [-0.1, -0.05) is 63.5 Å². The Morgan fingerprint density at radius 1 is 1.12 bits per heavy atom. The Morgan fingerprint density at radius 3 is 2.56 bits per heavy atom. The van der Waals surface area contributed by atoms with Crippen molar-refractivity contribution in [3.8, 4) is 5.88 Å². The monoisotopic (exact) mass is 476 g/mol. The Morgan fingerprint density at radius 2 is 1.82 bits per heavy atom. The van der Waals surface area contributed by atoms with Gasteiger partial charge in [0.25, 0.3) is 0 Å². The maximum Gasteiger partial charge on any atom is 0.417 e. The highest BCUT2D eigenvalue weighted by atomic mass is 19.4. The number of amides is 1. The number of carbonyl (C=O) groups is 1. The second-order valence-corrected chi connectivity index (χ2v) is 8.86. The van der Waals surface area contributed by atoms with E-state index in [-0.39, 0.29) is 22.7 Å². The number of unbranched alkanes of at least 4 members (excludes halogenated alkanes) is 5. The van der Waals surface area contributed by atoms with Crippen LogP contribution >= 0.6 is 0 Å². The molecule has 0 aliphatic rings. The minimum Gasteiger partial charge on any atom is -0.478 e. The Kier molecular flexibility index (Phi) is 11.1. The van der Waals surface area contributed by atoms with Crippen molar-refractivity contribution in [1.82, 2.24) is 10.3 Å². The van der Waals surface area contributed by atoms with Crippen LogP contribution in [0.25, 0.3) is 10.9 Å². The maximum absolute atomic E-state index is 13.4. The molecule has 0 bridgehead atoms. The van der Waals surface area contributed by atoms with Crippen LogP contribution in [0.3, 0.4) is 0 Å². The molecule has 1 heterocycles. The Labute approximate surface area is 200 Å². The van der Waals surface area contributed by atoms with E-state index in [9.17, 15) is 18.0 Å². The molecule has 186 valence electrons. The van der Waals surface area contributed by atoms with Crippen LogP contribution in [0.4, 0.5) is 13.2 Å². The van der Waals surface area contributed by atoms with E-state index in [4.69, 9.17) is 4.74 Å². The van der Waals surface area contributed by atoms with Gasteiger partial charge >= 0.3 is 6.18 Å². The second kappa shape index (κ2) is 13.8. The van der Waals surface area contributed by atoms with E-state index in [1.165, 1.54) is 6.07 Å². The quantitative estimate of drug-likeness (QED) is 0.188. The zero-order valence-corrected chi connectivity index (χ0v) is 20.3. The van der Waals surface area contributed by atoms with E-state index in [2.05, 4.69) is 30.2 Å². The molecule has 0 spiro atoms. The lowest BCUT2D eigenvalue weighted by atomic mass is 10.1. The molecule has 1 aromatic heterocycles. The zero-order valence-electron chi connectivity index (χ0n) is 20.3. The summed E-state index contributed by atoms with van der Waals surface area (Å²) >= 11 is 0. The van der Waals surface area contributed by atoms with Crippen molar-refractivity contribution < 1.29 is 22.7 Å². The number of pyridine rings is 1. The van der Waals surface area contributed by atoms with Crippen molar-refractivity contribution in [2.45, 2.75) is 65.5 Å². The molecule has 4 nitrogen and oxygen atoms in total. The molecule has 7 heteroatoms. The van der Waals surface area contributed by atoms with Gasteiger partial charge in [0.15, 0.2) is 0 Å². The van der Waals surface area contributed by atoms with E-state index < -0.39 is 11.7 Å². The van der Waals surface area contributed by atoms with Crippen molar-refractivity contribution in [3.05, 3.63) is 59.7 Å². The minimum absolute atomic E-state index is 0.0116. The molecule has 34 heavy (non-hydrogen) atoms. The Hall–Kier alpha value is -2.83. The van der Waals surface area contributed by atoms with Crippen molar-refractivity contribution in [1.29, 1.82) is 0 Å². The average molecular weight is 477 g/mol. The van der Waals surface area contributed by atoms with Crippen LogP contribution in [0, 0.1) is 5.92 Å². The largest absolute Gasteiger partial charge is 0.478 e. The first kappa shape index (κ1) is 27.4. The van der Waals surface area contributed by atoms with E-state index in [0.29, 0.717) is 19.1 Å². The number of halogens is 3. The highest BCUT2D eigenvalue weighted by molar-refractivity contribution is 5.88. The fraction of sp³-hybridized carbons (Fsp3) is 0.481. The molecule has 2 rings (SSSR count). The highest BCUT2D eigenvalue weighted by Crippen LogP contribution is 2.36. The topological polar surface area (TPSA) is 51.2 Å². The molecule has 0 aliphatic heterocycles. The first-order valence-electron chi connectivity index (χ1n) is 11.9. The summed E-state index contributed by atoms with van der Waals surface area (Å²) < 4.78 is 45.6. The molecule has 0 fully saturated rings. The van der Waals surface area contributed by atoms with Gasteiger partial charge < -0.3 is 10.1 Å². The van der Waals surface area contributed by atoms with Crippen molar-refractivity contribution in [2.75, 3.05) is 13.2 Å². The molecule has 1 amide bonds. The number of hydrogen-bond acceptors (Lipinski definition) is 3. The number of nitrogens with one attached hydrogen (secondary N) is 1. The summed E-state index contributed by atoms with van der Waals surface area (Å²) in [6.45, 7) is 7.03. The number of aromatic nitrogens is 1. The fourth-order valence-corrected chi connectivity index (χ4v) is 3.41. The Bertz CT molecular complexity index is 981. The third-order valence-corrected chi connectivity index (χ3v) is 5.19. The first-order chi connectivity index (χ1) is 16.2. The van der Waals surface area contributed by atoms with Gasteiger partial charge in [-0.15, -0.1) is 0 Å². The number of benzene rings is 1. The Balaban J connectivity index is 1.64. The van der Waals surface area contributed by atoms with Crippen molar-refractivity contribution in [2.24, 2.45) is 5.92 Å².